The second-order valence-electron chi connectivity index (χ2n) is 4.67. The molecule has 0 aliphatic carbocycles. The predicted molar refractivity (Wildman–Crippen MR) is 80.5 cm³/mol. The molecule has 1 amide bonds. The second kappa shape index (κ2) is 7.81. The van der Waals surface area contributed by atoms with E-state index < -0.39 is 0 Å². The van der Waals surface area contributed by atoms with Crippen molar-refractivity contribution in [1.82, 2.24) is 9.88 Å². The number of hydrogen-bond acceptors (Lipinski definition) is 3. The maximum Gasteiger partial charge on any atom is 0.254 e. The molecule has 1 aromatic heterocycles. The molecule has 1 aromatic carbocycles. The third kappa shape index (κ3) is 4.43. The molecular weight excluding hydrogens is 262 g/mol. The molecule has 0 fully saturated rings. The number of hydrogen-bond donors (Lipinski definition) is 0. The van der Waals surface area contributed by atoms with E-state index in [4.69, 9.17) is 5.26 Å². The van der Waals surface area contributed by atoms with E-state index in [0.717, 1.165) is 6.42 Å². The molecule has 0 aliphatic heterocycles. The van der Waals surface area contributed by atoms with Crippen molar-refractivity contribution in [2.75, 3.05) is 13.1 Å². The van der Waals surface area contributed by atoms with Gasteiger partial charge in [-0.25, -0.2) is 0 Å². The van der Waals surface area contributed by atoms with Crippen molar-refractivity contribution in [3.05, 3.63) is 66.0 Å². The van der Waals surface area contributed by atoms with Gasteiger partial charge in [0.15, 0.2) is 0 Å². The van der Waals surface area contributed by atoms with Gasteiger partial charge in [0, 0.05) is 31.0 Å². The first-order valence-corrected chi connectivity index (χ1v) is 6.91. The number of nitrogens with zero attached hydrogens (tertiary/aromatic N) is 3. The summed E-state index contributed by atoms with van der Waals surface area (Å²) in [7, 11) is 0. The molecule has 4 heteroatoms. The van der Waals surface area contributed by atoms with Gasteiger partial charge < -0.3 is 4.90 Å². The second-order valence-corrected chi connectivity index (χ2v) is 4.67. The first-order valence-electron chi connectivity index (χ1n) is 6.91. The van der Waals surface area contributed by atoms with Crippen LogP contribution in [0.2, 0.25) is 0 Å². The Labute approximate surface area is 124 Å². The molecule has 0 N–H and O–H groups in total. The van der Waals surface area contributed by atoms with Gasteiger partial charge in [0.1, 0.15) is 0 Å². The van der Waals surface area contributed by atoms with Crippen LogP contribution in [-0.4, -0.2) is 28.9 Å². The van der Waals surface area contributed by atoms with Crippen molar-refractivity contribution in [2.24, 2.45) is 0 Å². The Kier molecular flexibility index (Phi) is 5.48. The molecule has 0 radical (unpaired) electrons. The Hall–Kier alpha value is -2.67. The number of carbonyl (C=O) groups excluding carboxylic acids is 1. The average molecular weight is 279 g/mol. The van der Waals surface area contributed by atoms with Crippen LogP contribution in [0.25, 0.3) is 0 Å². The zero-order valence-electron chi connectivity index (χ0n) is 11.8. The van der Waals surface area contributed by atoms with Gasteiger partial charge in [-0.05, 0) is 24.1 Å². The smallest absolute Gasteiger partial charge is 0.254 e. The molecule has 0 unspecified atom stereocenters. The topological polar surface area (TPSA) is 57.0 Å². The minimum Gasteiger partial charge on any atom is -0.337 e. The van der Waals surface area contributed by atoms with Crippen molar-refractivity contribution in [1.29, 1.82) is 5.26 Å². The van der Waals surface area contributed by atoms with E-state index in [-0.39, 0.29) is 5.91 Å². The lowest BCUT2D eigenvalue weighted by molar-refractivity contribution is 0.0760. The normalized spacial score (nSPS) is 9.86. The predicted octanol–water partition coefficient (Wildman–Crippen LogP) is 2.68. The maximum atomic E-state index is 12.5. The first kappa shape index (κ1) is 14.7. The summed E-state index contributed by atoms with van der Waals surface area (Å²) < 4.78 is 0. The summed E-state index contributed by atoms with van der Waals surface area (Å²) in [5.41, 5.74) is 1.79. The number of aromatic nitrogens is 1. The summed E-state index contributed by atoms with van der Waals surface area (Å²) >= 11 is 0. The Balaban J connectivity index is 2.04. The molecule has 0 aliphatic rings. The van der Waals surface area contributed by atoms with Crippen LogP contribution in [0.4, 0.5) is 0 Å². The Morgan fingerprint density at radius 1 is 1.10 bits per heavy atom. The summed E-state index contributed by atoms with van der Waals surface area (Å²) in [5, 5.41) is 8.75. The first-order chi connectivity index (χ1) is 10.3. The van der Waals surface area contributed by atoms with Crippen LogP contribution in [0.1, 0.15) is 22.3 Å². The van der Waals surface area contributed by atoms with Crippen LogP contribution in [0.5, 0.6) is 0 Å². The fraction of sp³-hybridized carbons (Fsp3) is 0.235. The molecule has 4 nitrogen and oxygen atoms in total. The SMILES string of the molecule is N#CCCN(CCc1ccccc1)C(=O)c1ccncc1. The Bertz CT molecular complexity index is 605. The van der Waals surface area contributed by atoms with Gasteiger partial charge in [0.25, 0.3) is 5.91 Å². The highest BCUT2D eigenvalue weighted by Crippen LogP contribution is 2.07. The van der Waals surface area contributed by atoms with Crippen LogP contribution in [-0.2, 0) is 6.42 Å². The van der Waals surface area contributed by atoms with E-state index >= 15 is 0 Å². The van der Waals surface area contributed by atoms with Crippen molar-refractivity contribution in [2.45, 2.75) is 12.8 Å². The van der Waals surface area contributed by atoms with E-state index in [9.17, 15) is 4.79 Å². The van der Waals surface area contributed by atoms with Crippen LogP contribution >= 0.6 is 0 Å². The summed E-state index contributed by atoms with van der Waals surface area (Å²) in [6, 6.07) is 15.5. The van der Waals surface area contributed by atoms with Crippen molar-refractivity contribution < 1.29 is 4.79 Å². The van der Waals surface area contributed by atoms with E-state index in [1.54, 1.807) is 29.4 Å². The van der Waals surface area contributed by atoms with E-state index in [0.29, 0.717) is 25.1 Å². The summed E-state index contributed by atoms with van der Waals surface area (Å²) in [5.74, 6) is -0.0522. The fourth-order valence-electron chi connectivity index (χ4n) is 2.09. The molecule has 21 heavy (non-hydrogen) atoms. The van der Waals surface area contributed by atoms with Crippen LogP contribution < -0.4 is 0 Å². The zero-order valence-corrected chi connectivity index (χ0v) is 11.8. The Morgan fingerprint density at radius 3 is 2.48 bits per heavy atom. The fourth-order valence-corrected chi connectivity index (χ4v) is 2.09. The number of rotatable bonds is 6. The molecule has 0 spiro atoms. The number of pyridine rings is 1. The third-order valence-corrected chi connectivity index (χ3v) is 3.22. The quantitative estimate of drug-likeness (QED) is 0.817. The summed E-state index contributed by atoms with van der Waals surface area (Å²) in [6.07, 6.45) is 4.33. The number of amides is 1. The van der Waals surface area contributed by atoms with E-state index in [2.05, 4.69) is 11.1 Å². The molecule has 0 atom stereocenters. The highest BCUT2D eigenvalue weighted by atomic mass is 16.2. The average Bonchev–Trinajstić information content (AvgIpc) is 2.56. The molecule has 1 heterocycles. The van der Waals surface area contributed by atoms with Gasteiger partial charge >= 0.3 is 0 Å². The van der Waals surface area contributed by atoms with Crippen LogP contribution in [0, 0.1) is 11.3 Å². The Morgan fingerprint density at radius 2 is 1.81 bits per heavy atom. The number of nitriles is 1. The minimum absolute atomic E-state index is 0.0522. The van der Waals surface area contributed by atoms with Crippen molar-refractivity contribution in [3.63, 3.8) is 0 Å². The minimum atomic E-state index is -0.0522. The molecule has 0 bridgehead atoms. The number of carbonyl (C=O) groups is 1. The third-order valence-electron chi connectivity index (χ3n) is 3.22. The largest absolute Gasteiger partial charge is 0.337 e. The number of benzene rings is 1. The van der Waals surface area contributed by atoms with Gasteiger partial charge in [0.2, 0.25) is 0 Å². The highest BCUT2D eigenvalue weighted by molar-refractivity contribution is 5.94. The molecule has 106 valence electrons. The summed E-state index contributed by atoms with van der Waals surface area (Å²) in [6.45, 7) is 1.05. The van der Waals surface area contributed by atoms with E-state index in [1.807, 2.05) is 30.3 Å². The van der Waals surface area contributed by atoms with Gasteiger partial charge in [0.05, 0.1) is 12.5 Å². The van der Waals surface area contributed by atoms with E-state index in [1.165, 1.54) is 5.56 Å². The monoisotopic (exact) mass is 279 g/mol. The van der Waals surface area contributed by atoms with Crippen LogP contribution in [0.3, 0.4) is 0 Å². The van der Waals surface area contributed by atoms with Crippen LogP contribution in [0.15, 0.2) is 54.9 Å². The van der Waals surface area contributed by atoms with Gasteiger partial charge in [-0.3, -0.25) is 9.78 Å². The lowest BCUT2D eigenvalue weighted by atomic mass is 10.1. The van der Waals surface area contributed by atoms with Crippen molar-refractivity contribution >= 4 is 5.91 Å². The zero-order chi connectivity index (χ0) is 14.9. The molecule has 2 aromatic rings. The highest BCUT2D eigenvalue weighted by Gasteiger charge is 2.15. The molecule has 0 saturated carbocycles. The summed E-state index contributed by atoms with van der Waals surface area (Å²) in [4.78, 5) is 18.1. The van der Waals surface area contributed by atoms with Crippen molar-refractivity contribution in [3.8, 4) is 6.07 Å². The van der Waals surface area contributed by atoms with Gasteiger partial charge in [-0.2, -0.15) is 5.26 Å². The van der Waals surface area contributed by atoms with Gasteiger partial charge in [-0.1, -0.05) is 30.3 Å². The van der Waals surface area contributed by atoms with Gasteiger partial charge in [-0.15, -0.1) is 0 Å². The molecular formula is C17H17N3O. The molecule has 0 saturated heterocycles. The standard InChI is InChI=1S/C17H17N3O/c18-10-4-13-20(14-9-15-5-2-1-3-6-15)17(21)16-7-11-19-12-8-16/h1-3,5-8,11-12H,4,9,13-14H2. The lowest BCUT2D eigenvalue weighted by Gasteiger charge is -2.21. The maximum absolute atomic E-state index is 12.5. The molecule has 2 rings (SSSR count). The lowest BCUT2D eigenvalue weighted by Crippen LogP contribution is -2.33.